The molecule has 0 atom stereocenters. The van der Waals surface area contributed by atoms with Gasteiger partial charge < -0.3 is 15.5 Å². The van der Waals surface area contributed by atoms with Crippen molar-refractivity contribution in [3.05, 3.63) is 53.0 Å². The van der Waals surface area contributed by atoms with E-state index >= 15 is 0 Å². The minimum absolute atomic E-state index is 0.0397. The Kier molecular flexibility index (Phi) is 9.72. The number of nitrogens with zero attached hydrogens (tertiary/aromatic N) is 3. The van der Waals surface area contributed by atoms with E-state index in [1.165, 1.54) is 0 Å². The number of piperidine rings is 1. The number of hydrogen-bond acceptors (Lipinski definition) is 5. The average Bonchev–Trinajstić information content (AvgIpc) is 3.05. The lowest BCUT2D eigenvalue weighted by molar-refractivity contribution is -0.140. The minimum Gasteiger partial charge on any atom is -0.366 e. The standard InChI is InChI=1S/C32H47N5O3/c1-6-16-32(4,5)31(40)36(7-2)18-9-10-24-14-19-35(20-15-24)22-28(38)37-27-13-12-23(3)21-25(27)30(39)34-26-11-8-17-33-29(26)37/h8,11-13,21,24,33H,6-7,9-10,14-20,22H2,1-5H3,(H,34,39). The summed E-state index contributed by atoms with van der Waals surface area (Å²) in [5, 5.41) is 6.28. The van der Waals surface area contributed by atoms with Crippen molar-refractivity contribution < 1.29 is 14.4 Å². The molecule has 1 fully saturated rings. The molecule has 0 aliphatic carbocycles. The summed E-state index contributed by atoms with van der Waals surface area (Å²) in [5.74, 6) is 1.28. The van der Waals surface area contributed by atoms with Crippen LogP contribution in [0, 0.1) is 18.3 Å². The van der Waals surface area contributed by atoms with Crippen molar-refractivity contribution in [2.24, 2.45) is 11.3 Å². The van der Waals surface area contributed by atoms with Gasteiger partial charge in [-0.05, 0) is 83.2 Å². The number of hydrogen-bond donors (Lipinski definition) is 2. The van der Waals surface area contributed by atoms with E-state index in [0.717, 1.165) is 70.3 Å². The number of likely N-dealkylation sites (tertiary alicyclic amines) is 1. The molecule has 0 radical (unpaired) electrons. The van der Waals surface area contributed by atoms with Crippen LogP contribution in [-0.2, 0) is 9.59 Å². The highest BCUT2D eigenvalue weighted by Crippen LogP contribution is 2.31. The SMILES string of the molecule is CCCC(C)(C)C(=O)N(CC)CCCC1CCN(CC(=O)N2C3=C(C=CCN3)NC(=O)c3cc(C)ccc32)CC1. The number of nitrogens with one attached hydrogen (secondary N) is 2. The van der Waals surface area contributed by atoms with Gasteiger partial charge >= 0.3 is 0 Å². The summed E-state index contributed by atoms with van der Waals surface area (Å²) in [6.45, 7) is 14.5. The van der Waals surface area contributed by atoms with Crippen molar-refractivity contribution in [2.75, 3.05) is 44.2 Å². The monoisotopic (exact) mass is 549 g/mol. The van der Waals surface area contributed by atoms with Crippen LogP contribution in [0.3, 0.4) is 0 Å². The summed E-state index contributed by atoms with van der Waals surface area (Å²) in [6.07, 6.45) is 9.98. The van der Waals surface area contributed by atoms with Crippen molar-refractivity contribution in [2.45, 2.75) is 73.1 Å². The predicted molar refractivity (Wildman–Crippen MR) is 160 cm³/mol. The van der Waals surface area contributed by atoms with Gasteiger partial charge in [0.05, 0.1) is 23.5 Å². The lowest BCUT2D eigenvalue weighted by atomic mass is 9.86. The molecule has 0 aromatic heterocycles. The summed E-state index contributed by atoms with van der Waals surface area (Å²) >= 11 is 0. The van der Waals surface area contributed by atoms with Crippen molar-refractivity contribution in [3.8, 4) is 0 Å². The number of aryl methyl sites for hydroxylation is 1. The first-order chi connectivity index (χ1) is 19.1. The van der Waals surface area contributed by atoms with Gasteiger partial charge in [0, 0.05) is 25.0 Å². The van der Waals surface area contributed by atoms with E-state index < -0.39 is 0 Å². The molecule has 4 rings (SSSR count). The molecule has 8 nitrogen and oxygen atoms in total. The van der Waals surface area contributed by atoms with E-state index in [9.17, 15) is 14.4 Å². The summed E-state index contributed by atoms with van der Waals surface area (Å²) in [7, 11) is 0. The Bertz CT molecular complexity index is 1160. The van der Waals surface area contributed by atoms with Gasteiger partial charge in [0.2, 0.25) is 11.8 Å². The molecule has 0 saturated carbocycles. The van der Waals surface area contributed by atoms with Gasteiger partial charge in [0.15, 0.2) is 0 Å². The Labute approximate surface area is 239 Å². The number of carbonyl (C=O) groups excluding carboxylic acids is 3. The van der Waals surface area contributed by atoms with Crippen LogP contribution >= 0.6 is 0 Å². The highest BCUT2D eigenvalue weighted by atomic mass is 16.2. The highest BCUT2D eigenvalue weighted by molar-refractivity contribution is 6.09. The van der Waals surface area contributed by atoms with E-state index in [-0.39, 0.29) is 23.1 Å². The number of benzene rings is 1. The smallest absolute Gasteiger partial charge is 0.257 e. The maximum Gasteiger partial charge on any atom is 0.257 e. The van der Waals surface area contributed by atoms with Gasteiger partial charge in [-0.3, -0.25) is 24.2 Å². The zero-order valence-corrected chi connectivity index (χ0v) is 25.0. The number of dihydropyridines is 1. The molecule has 3 amide bonds. The molecule has 0 unspecified atom stereocenters. The Balaban J connectivity index is 1.33. The van der Waals surface area contributed by atoms with Gasteiger partial charge in [0.1, 0.15) is 5.82 Å². The molecule has 0 bridgehead atoms. The fraction of sp³-hybridized carbons (Fsp3) is 0.594. The molecule has 3 heterocycles. The molecule has 8 heteroatoms. The van der Waals surface area contributed by atoms with E-state index in [2.05, 4.69) is 43.2 Å². The summed E-state index contributed by atoms with van der Waals surface area (Å²) in [6, 6.07) is 5.66. The molecular formula is C32H47N5O3. The highest BCUT2D eigenvalue weighted by Gasteiger charge is 2.33. The average molecular weight is 550 g/mol. The number of carbonyl (C=O) groups is 3. The molecule has 1 aromatic rings. The summed E-state index contributed by atoms with van der Waals surface area (Å²) in [5.41, 5.74) is 2.43. The largest absolute Gasteiger partial charge is 0.366 e. The maximum absolute atomic E-state index is 13.8. The Hall–Kier alpha value is -3.13. The number of amides is 3. The van der Waals surface area contributed by atoms with Crippen molar-refractivity contribution in [3.63, 3.8) is 0 Å². The molecule has 2 N–H and O–H groups in total. The fourth-order valence-corrected chi connectivity index (χ4v) is 6.23. The van der Waals surface area contributed by atoms with Gasteiger partial charge in [-0.2, -0.15) is 0 Å². The second kappa shape index (κ2) is 13.0. The molecule has 3 aliphatic heterocycles. The zero-order valence-electron chi connectivity index (χ0n) is 25.0. The quantitative estimate of drug-likeness (QED) is 0.447. The molecule has 1 aromatic carbocycles. The Morgan fingerprint density at radius 1 is 1.15 bits per heavy atom. The van der Waals surface area contributed by atoms with Gasteiger partial charge in [-0.25, -0.2) is 0 Å². The van der Waals surface area contributed by atoms with E-state index in [1.54, 1.807) is 4.90 Å². The number of anilines is 1. The maximum atomic E-state index is 13.8. The van der Waals surface area contributed by atoms with Crippen LogP contribution < -0.4 is 15.5 Å². The molecule has 1 saturated heterocycles. The Morgan fingerprint density at radius 3 is 2.60 bits per heavy atom. The third-order valence-electron chi connectivity index (χ3n) is 8.52. The predicted octanol–water partition coefficient (Wildman–Crippen LogP) is 4.57. The third-order valence-corrected chi connectivity index (χ3v) is 8.52. The number of allylic oxidation sites excluding steroid dienone is 1. The lowest BCUT2D eigenvalue weighted by Gasteiger charge is -2.35. The van der Waals surface area contributed by atoms with E-state index in [0.29, 0.717) is 41.8 Å². The Morgan fingerprint density at radius 2 is 1.90 bits per heavy atom. The molecule has 0 spiro atoms. The topological polar surface area (TPSA) is 85.0 Å². The normalized spacial score (nSPS) is 18.0. The summed E-state index contributed by atoms with van der Waals surface area (Å²) in [4.78, 5) is 45.8. The van der Waals surface area contributed by atoms with E-state index in [4.69, 9.17) is 0 Å². The van der Waals surface area contributed by atoms with Crippen LogP contribution in [0.5, 0.6) is 0 Å². The second-order valence-corrected chi connectivity index (χ2v) is 12.1. The van der Waals surface area contributed by atoms with Crippen molar-refractivity contribution in [1.29, 1.82) is 0 Å². The van der Waals surface area contributed by atoms with Crippen LogP contribution in [0.15, 0.2) is 41.9 Å². The van der Waals surface area contributed by atoms with E-state index in [1.807, 2.05) is 42.2 Å². The fourth-order valence-electron chi connectivity index (χ4n) is 6.23. The molecular weight excluding hydrogens is 502 g/mol. The molecule has 3 aliphatic rings. The van der Waals surface area contributed by atoms with Gasteiger partial charge in [0.25, 0.3) is 5.91 Å². The van der Waals surface area contributed by atoms with Crippen LogP contribution in [0.2, 0.25) is 0 Å². The first-order valence-corrected chi connectivity index (χ1v) is 15.1. The van der Waals surface area contributed by atoms with Crippen LogP contribution in [-0.4, -0.2) is 66.8 Å². The van der Waals surface area contributed by atoms with Crippen LogP contribution in [0.25, 0.3) is 0 Å². The van der Waals surface area contributed by atoms with Crippen LogP contribution in [0.1, 0.15) is 82.1 Å². The van der Waals surface area contributed by atoms with Crippen molar-refractivity contribution >= 4 is 23.4 Å². The number of fused-ring (bicyclic) bond motifs is 1. The summed E-state index contributed by atoms with van der Waals surface area (Å²) < 4.78 is 0. The first-order valence-electron chi connectivity index (χ1n) is 15.1. The first kappa shape index (κ1) is 29.8. The van der Waals surface area contributed by atoms with Crippen LogP contribution in [0.4, 0.5) is 5.69 Å². The third kappa shape index (κ3) is 6.77. The number of rotatable bonds is 10. The lowest BCUT2D eigenvalue weighted by Crippen LogP contribution is -2.46. The van der Waals surface area contributed by atoms with Crippen molar-refractivity contribution in [1.82, 2.24) is 20.4 Å². The minimum atomic E-state index is -0.293. The van der Waals surface area contributed by atoms with Gasteiger partial charge in [-0.15, -0.1) is 0 Å². The van der Waals surface area contributed by atoms with Gasteiger partial charge in [-0.1, -0.05) is 44.9 Å². The second-order valence-electron chi connectivity index (χ2n) is 12.1. The zero-order chi connectivity index (χ0) is 28.9. The molecule has 218 valence electrons. The molecule has 40 heavy (non-hydrogen) atoms.